The van der Waals surface area contributed by atoms with Crippen molar-refractivity contribution in [1.29, 1.82) is 0 Å². The lowest BCUT2D eigenvalue weighted by Gasteiger charge is -2.11. The van der Waals surface area contributed by atoms with Crippen molar-refractivity contribution in [2.24, 2.45) is 0 Å². The second-order valence-electron chi connectivity index (χ2n) is 11.7. The van der Waals surface area contributed by atoms with E-state index in [-0.39, 0.29) is 0 Å². The molecule has 220 valence electrons. The second kappa shape index (κ2) is 11.4. The van der Waals surface area contributed by atoms with E-state index in [4.69, 9.17) is 15.0 Å². The molecule has 7 aromatic carbocycles. The number of fused-ring (bicyclic) bond motifs is 4. The molecule has 0 N–H and O–H groups in total. The average molecular weight is 618 g/mol. The lowest BCUT2D eigenvalue weighted by molar-refractivity contribution is 1.07. The van der Waals surface area contributed by atoms with Crippen LogP contribution in [0.2, 0.25) is 0 Å². The van der Waals surface area contributed by atoms with Crippen LogP contribution in [0, 0.1) is 0 Å². The number of hydrogen-bond acceptors (Lipinski definition) is 4. The summed E-state index contributed by atoms with van der Waals surface area (Å²) in [4.78, 5) is 15.2. The Labute approximate surface area is 276 Å². The minimum absolute atomic E-state index is 0.649. The molecule has 2 heterocycles. The fraction of sp³-hybridized carbons (Fsp3) is 0. The molecular formula is C43H27N3S. The zero-order valence-corrected chi connectivity index (χ0v) is 26.2. The van der Waals surface area contributed by atoms with E-state index in [9.17, 15) is 0 Å². The van der Waals surface area contributed by atoms with Crippen LogP contribution in [0.1, 0.15) is 0 Å². The monoisotopic (exact) mass is 617 g/mol. The summed E-state index contributed by atoms with van der Waals surface area (Å²) in [6, 6.07) is 57.5. The molecule has 0 radical (unpaired) electrons. The Morgan fingerprint density at radius 2 is 0.872 bits per heavy atom. The van der Waals surface area contributed by atoms with Gasteiger partial charge < -0.3 is 0 Å². The number of thiophene rings is 1. The van der Waals surface area contributed by atoms with Crippen LogP contribution < -0.4 is 0 Å². The van der Waals surface area contributed by atoms with Gasteiger partial charge in [-0.1, -0.05) is 146 Å². The standard InChI is InChI=1S/C43H27N3S/c1-2-10-28(11-3-1)32-14-8-15-33(26-32)42-44-41(31-22-20-30(21-23-31)36-18-9-13-29-12-4-5-16-35(29)36)45-43(46-42)34-24-25-38-37-17-6-7-19-39(37)47-40(38)27-34/h1-27H. The second-order valence-corrected chi connectivity index (χ2v) is 12.8. The molecule has 2 aromatic heterocycles. The summed E-state index contributed by atoms with van der Waals surface area (Å²) in [7, 11) is 0. The van der Waals surface area contributed by atoms with Crippen LogP contribution in [0.15, 0.2) is 164 Å². The molecule has 3 nitrogen and oxygen atoms in total. The largest absolute Gasteiger partial charge is 0.208 e. The highest BCUT2D eigenvalue weighted by Gasteiger charge is 2.15. The minimum atomic E-state index is 0.649. The molecule has 0 aliphatic carbocycles. The van der Waals surface area contributed by atoms with Crippen molar-refractivity contribution in [2.45, 2.75) is 0 Å². The third-order valence-corrected chi connectivity index (χ3v) is 9.88. The molecule has 9 aromatic rings. The number of nitrogens with zero attached hydrogens (tertiary/aromatic N) is 3. The molecule has 0 atom stereocenters. The first kappa shape index (κ1) is 27.3. The highest BCUT2D eigenvalue weighted by atomic mass is 32.1. The number of aromatic nitrogens is 3. The first-order valence-corrected chi connectivity index (χ1v) is 16.5. The fourth-order valence-electron chi connectivity index (χ4n) is 6.37. The molecule has 0 unspecified atom stereocenters. The van der Waals surface area contributed by atoms with Crippen LogP contribution in [0.5, 0.6) is 0 Å². The summed E-state index contributed by atoms with van der Waals surface area (Å²) in [5.41, 5.74) is 7.51. The Bertz CT molecular complexity index is 2560. The van der Waals surface area contributed by atoms with Crippen LogP contribution in [0.3, 0.4) is 0 Å². The van der Waals surface area contributed by atoms with Crippen molar-refractivity contribution >= 4 is 42.3 Å². The predicted molar refractivity (Wildman–Crippen MR) is 197 cm³/mol. The minimum Gasteiger partial charge on any atom is -0.208 e. The van der Waals surface area contributed by atoms with Crippen molar-refractivity contribution in [1.82, 2.24) is 15.0 Å². The van der Waals surface area contributed by atoms with Gasteiger partial charge >= 0.3 is 0 Å². The van der Waals surface area contributed by atoms with Gasteiger partial charge in [-0.2, -0.15) is 0 Å². The fourth-order valence-corrected chi connectivity index (χ4v) is 7.52. The van der Waals surface area contributed by atoms with E-state index in [1.165, 1.54) is 36.5 Å². The highest BCUT2D eigenvalue weighted by Crippen LogP contribution is 2.37. The third kappa shape index (κ3) is 5.05. The van der Waals surface area contributed by atoms with Crippen LogP contribution in [-0.4, -0.2) is 15.0 Å². The molecule has 9 rings (SSSR count). The maximum atomic E-state index is 5.08. The maximum absolute atomic E-state index is 5.08. The normalized spacial score (nSPS) is 11.4. The highest BCUT2D eigenvalue weighted by molar-refractivity contribution is 7.25. The third-order valence-electron chi connectivity index (χ3n) is 8.74. The van der Waals surface area contributed by atoms with Crippen LogP contribution in [0.25, 0.3) is 87.4 Å². The van der Waals surface area contributed by atoms with Crippen molar-refractivity contribution in [2.75, 3.05) is 0 Å². The molecule has 0 saturated carbocycles. The van der Waals surface area contributed by atoms with Gasteiger partial charge in [-0.25, -0.2) is 15.0 Å². The molecule has 0 fully saturated rings. The first-order valence-electron chi connectivity index (χ1n) is 15.7. The number of benzene rings is 7. The van der Waals surface area contributed by atoms with Crippen molar-refractivity contribution in [3.63, 3.8) is 0 Å². The van der Waals surface area contributed by atoms with Crippen LogP contribution in [0.4, 0.5) is 0 Å². The summed E-state index contributed by atoms with van der Waals surface area (Å²) in [5, 5.41) is 5.00. The van der Waals surface area contributed by atoms with Gasteiger partial charge in [-0.3, -0.25) is 0 Å². The average Bonchev–Trinajstić information content (AvgIpc) is 3.53. The van der Waals surface area contributed by atoms with Crippen LogP contribution >= 0.6 is 11.3 Å². The van der Waals surface area contributed by atoms with Gasteiger partial charge in [0, 0.05) is 36.9 Å². The van der Waals surface area contributed by atoms with E-state index in [2.05, 4.69) is 158 Å². The van der Waals surface area contributed by atoms with Gasteiger partial charge in [-0.15, -0.1) is 11.3 Å². The van der Waals surface area contributed by atoms with Gasteiger partial charge in [0.15, 0.2) is 17.5 Å². The van der Waals surface area contributed by atoms with Gasteiger partial charge in [0.25, 0.3) is 0 Å². The molecule has 0 saturated heterocycles. The van der Waals surface area contributed by atoms with E-state index >= 15 is 0 Å². The number of hydrogen-bond donors (Lipinski definition) is 0. The van der Waals surface area contributed by atoms with Crippen LogP contribution in [-0.2, 0) is 0 Å². The molecule has 0 aliphatic heterocycles. The quantitative estimate of drug-likeness (QED) is 0.193. The predicted octanol–water partition coefficient (Wildman–Crippen LogP) is 11.7. The van der Waals surface area contributed by atoms with Crippen molar-refractivity contribution < 1.29 is 0 Å². The number of rotatable bonds is 5. The molecule has 4 heteroatoms. The molecule has 0 aliphatic rings. The molecular weight excluding hydrogens is 591 g/mol. The van der Waals surface area contributed by atoms with Gasteiger partial charge in [0.2, 0.25) is 0 Å². The van der Waals surface area contributed by atoms with Gasteiger partial charge in [0.1, 0.15) is 0 Å². The lowest BCUT2D eigenvalue weighted by Crippen LogP contribution is -2.00. The van der Waals surface area contributed by atoms with Crippen molar-refractivity contribution in [3.05, 3.63) is 164 Å². The van der Waals surface area contributed by atoms with E-state index in [1.807, 2.05) is 6.07 Å². The SMILES string of the molecule is c1ccc(-c2cccc(-c3nc(-c4ccc(-c5cccc6ccccc56)cc4)nc(-c4ccc5c(c4)sc4ccccc45)n3)c2)cc1. The van der Waals surface area contributed by atoms with Crippen molar-refractivity contribution in [3.8, 4) is 56.4 Å². The molecule has 0 spiro atoms. The Kier molecular flexibility index (Phi) is 6.65. The Balaban J connectivity index is 1.18. The maximum Gasteiger partial charge on any atom is 0.164 e. The van der Waals surface area contributed by atoms with Gasteiger partial charge in [-0.05, 0) is 51.2 Å². The molecule has 47 heavy (non-hydrogen) atoms. The Morgan fingerprint density at radius 1 is 0.319 bits per heavy atom. The zero-order valence-electron chi connectivity index (χ0n) is 25.3. The van der Waals surface area contributed by atoms with E-state index in [0.29, 0.717) is 17.5 Å². The molecule has 0 amide bonds. The lowest BCUT2D eigenvalue weighted by atomic mass is 9.97. The zero-order chi connectivity index (χ0) is 31.2. The first-order chi connectivity index (χ1) is 23.3. The Morgan fingerprint density at radius 3 is 1.70 bits per heavy atom. The molecule has 0 bridgehead atoms. The smallest absolute Gasteiger partial charge is 0.164 e. The summed E-state index contributed by atoms with van der Waals surface area (Å²) < 4.78 is 2.50. The van der Waals surface area contributed by atoms with E-state index in [0.717, 1.165) is 33.4 Å². The Hall–Kier alpha value is -5.97. The van der Waals surface area contributed by atoms with E-state index in [1.54, 1.807) is 11.3 Å². The summed E-state index contributed by atoms with van der Waals surface area (Å²) in [5.74, 6) is 1.96. The van der Waals surface area contributed by atoms with E-state index < -0.39 is 0 Å². The summed E-state index contributed by atoms with van der Waals surface area (Å²) in [6.07, 6.45) is 0. The summed E-state index contributed by atoms with van der Waals surface area (Å²) in [6.45, 7) is 0. The topological polar surface area (TPSA) is 38.7 Å². The van der Waals surface area contributed by atoms with Gasteiger partial charge in [0.05, 0.1) is 0 Å². The summed E-state index contributed by atoms with van der Waals surface area (Å²) >= 11 is 1.80.